The molecule has 0 aliphatic carbocycles. The maximum atomic E-state index is 13.6. The first-order chi connectivity index (χ1) is 46.8. The molecule has 2 fully saturated rings. The van der Waals surface area contributed by atoms with Gasteiger partial charge in [0.25, 0.3) is 26.0 Å². The fraction of sp³-hybridized carbons (Fsp3) is 0.385. The number of morpholine rings is 2. The lowest BCUT2D eigenvalue weighted by Gasteiger charge is -2.26. The van der Waals surface area contributed by atoms with Crippen LogP contribution in [0.15, 0.2) is 149 Å². The van der Waals surface area contributed by atoms with E-state index in [0.717, 1.165) is 50.4 Å². The third-order valence-electron chi connectivity index (χ3n) is 15.2. The summed E-state index contributed by atoms with van der Waals surface area (Å²) in [6, 6.07) is 28.5. The predicted molar refractivity (Wildman–Crippen MR) is 359 cm³/mol. The number of hydrogen-bond donors (Lipinski definition) is 10. The Labute approximate surface area is 564 Å². The van der Waals surface area contributed by atoms with Crippen LogP contribution >= 0.6 is 0 Å². The van der Waals surface area contributed by atoms with Gasteiger partial charge in [0, 0.05) is 102 Å². The van der Waals surface area contributed by atoms with Gasteiger partial charge in [0.05, 0.1) is 85.5 Å². The molecule has 2 saturated heterocycles. The fourth-order valence-corrected chi connectivity index (χ4v) is 12.1. The average Bonchev–Trinajstić information content (AvgIpc) is 0.904. The van der Waals surface area contributed by atoms with Gasteiger partial charge in [-0.1, -0.05) is 18.2 Å². The van der Waals surface area contributed by atoms with Gasteiger partial charge in [-0.15, -0.1) is 0 Å². The van der Waals surface area contributed by atoms with E-state index in [1.165, 1.54) is 81.3 Å². The van der Waals surface area contributed by atoms with Gasteiger partial charge < -0.3 is 39.6 Å². The molecule has 5 amide bonds. The topological polar surface area (TPSA) is 356 Å². The normalized spacial score (nSPS) is 13.8. The summed E-state index contributed by atoms with van der Waals surface area (Å²) in [4.78, 5) is 77.4. The van der Waals surface area contributed by atoms with Crippen molar-refractivity contribution in [2.45, 2.75) is 68.2 Å². The zero-order valence-electron chi connectivity index (χ0n) is 54.6. The summed E-state index contributed by atoms with van der Waals surface area (Å²) in [6.45, 7) is 13.3. The Morgan fingerprint density at radius 2 is 1.12 bits per heavy atom. The van der Waals surface area contributed by atoms with E-state index in [0.29, 0.717) is 96.1 Å². The molecule has 32 heteroatoms. The van der Waals surface area contributed by atoms with Crippen molar-refractivity contribution in [3.63, 3.8) is 0 Å². The third kappa shape index (κ3) is 23.4. The van der Waals surface area contributed by atoms with E-state index in [4.69, 9.17) is 28.5 Å². The Morgan fingerprint density at radius 3 is 1.71 bits per heavy atom. The Balaban J connectivity index is 0.710. The van der Waals surface area contributed by atoms with Gasteiger partial charge in [0.2, 0.25) is 0 Å². The molecule has 0 bridgehead atoms. The van der Waals surface area contributed by atoms with Gasteiger partial charge in [-0.25, -0.2) is 31.9 Å². The molecule has 4 aromatic carbocycles. The number of aliphatic imine (C=N–C) groups is 1. The molecule has 0 spiro atoms. The first kappa shape index (κ1) is 73.3. The maximum Gasteiger partial charge on any atom is 0.327 e. The number of hydroxylamine groups is 1. The predicted octanol–water partition coefficient (Wildman–Crippen LogP) is 2.79. The summed E-state index contributed by atoms with van der Waals surface area (Å²) in [5.41, 5.74) is 15.1. The Bertz CT molecular complexity index is 3910. The van der Waals surface area contributed by atoms with E-state index in [9.17, 15) is 40.8 Å². The van der Waals surface area contributed by atoms with Gasteiger partial charge in [0.15, 0.2) is 37.7 Å². The monoisotopic (exact) mass is 1380 g/mol. The van der Waals surface area contributed by atoms with Crippen LogP contribution in [-0.4, -0.2) is 169 Å². The number of carbonyl (C=O) groups is 5. The standard InChI is InChI=1S/C65H83N15O15S2/c1-65(2,94-47-69-51-16-8-18-55(40-51)97(88,89)76-53-20-22-57(59(42-53)91-4)72-74-64(85)62(83)68-25-12-29-78-33-37-93-38-34-78)80-30-10-15-50(45-80)60(81)66-23-5-6-26-70-95-46-49-14-9-27-79(44-49)43-48-13-7-17-54(39-48)96(86,87)75-52-19-21-56(58(41-52)90-3)71-73-63(84)61(82)67-24-11-28-77-31-35-92-36-32-77/h7-10,13-22,27,30,39-42,44-45,47,70H,5-6,11-12,23-26,28-29,31-38,43,46H2,1-4H3,(H7-2,66,67,68,71,72,73,74,75,76,81,82,83,84,85)/p+2. The number of anilines is 4. The molecular weight excluding hydrogens is 1290 g/mol. The van der Waals surface area contributed by atoms with Crippen LogP contribution in [0, 0.1) is 0 Å². The van der Waals surface area contributed by atoms with Crippen molar-refractivity contribution in [3.8, 4) is 11.5 Å². The van der Waals surface area contributed by atoms with Crippen LogP contribution < -0.4 is 71.2 Å². The number of hydrogen-bond acceptors (Lipinski definition) is 21. The lowest BCUT2D eigenvalue weighted by molar-refractivity contribution is -0.794. The number of carbonyl (C=O) groups excluding carboxylic acids is 5. The molecule has 0 unspecified atom stereocenters. The van der Waals surface area contributed by atoms with Crippen LogP contribution in [0.5, 0.6) is 11.5 Å². The first-order valence-corrected chi connectivity index (χ1v) is 34.5. The molecule has 2 aliphatic rings. The average molecular weight is 1380 g/mol. The Morgan fingerprint density at radius 1 is 0.588 bits per heavy atom. The van der Waals surface area contributed by atoms with E-state index in [-0.39, 0.29) is 56.6 Å². The molecule has 97 heavy (non-hydrogen) atoms. The molecular formula is C65H85N15O15S2+2. The Kier molecular flexibility index (Phi) is 27.6. The molecule has 30 nitrogen and oxygen atoms in total. The summed E-state index contributed by atoms with van der Waals surface area (Å²) in [5, 5.41) is 8.15. The number of pyridine rings is 2. The van der Waals surface area contributed by atoms with E-state index >= 15 is 0 Å². The van der Waals surface area contributed by atoms with Crippen molar-refractivity contribution in [1.82, 2.24) is 42.1 Å². The summed E-state index contributed by atoms with van der Waals surface area (Å²) >= 11 is 0. The summed E-state index contributed by atoms with van der Waals surface area (Å²) < 4.78 is 90.6. The summed E-state index contributed by atoms with van der Waals surface area (Å²) in [5.74, 6) is -3.34. The first-order valence-electron chi connectivity index (χ1n) is 31.5. The number of benzene rings is 4. The number of amides is 5. The van der Waals surface area contributed by atoms with Crippen molar-refractivity contribution in [2.75, 3.05) is 126 Å². The van der Waals surface area contributed by atoms with E-state index < -0.39 is 49.4 Å². The zero-order chi connectivity index (χ0) is 69.1. The van der Waals surface area contributed by atoms with E-state index in [1.54, 1.807) is 61.1 Å². The summed E-state index contributed by atoms with van der Waals surface area (Å²) in [6.07, 6.45) is 11.1. The van der Waals surface area contributed by atoms with Gasteiger partial charge in [-0.3, -0.25) is 69.8 Å². The molecule has 520 valence electrons. The van der Waals surface area contributed by atoms with Crippen molar-refractivity contribution in [1.29, 1.82) is 0 Å². The highest BCUT2D eigenvalue weighted by molar-refractivity contribution is 7.93. The number of aromatic nitrogens is 2. The minimum absolute atomic E-state index is 0.0399. The number of unbranched alkanes of at least 4 members (excludes halogenated alkanes) is 1. The Hall–Kier alpha value is -9.54. The van der Waals surface area contributed by atoms with Gasteiger partial charge in [-0.2, -0.15) is 4.57 Å². The van der Waals surface area contributed by atoms with Gasteiger partial charge in [0.1, 0.15) is 17.1 Å². The van der Waals surface area contributed by atoms with Crippen LogP contribution in [0.3, 0.4) is 0 Å². The number of rotatable bonds is 35. The molecule has 10 N–H and O–H groups in total. The highest BCUT2D eigenvalue weighted by Crippen LogP contribution is 2.31. The maximum absolute atomic E-state index is 13.6. The molecule has 4 heterocycles. The van der Waals surface area contributed by atoms with Crippen molar-refractivity contribution >= 4 is 84.4 Å². The third-order valence-corrected chi connectivity index (χ3v) is 18.0. The number of nitrogens with zero attached hydrogens (tertiary/aromatic N) is 5. The SMILES string of the molecule is COc1cc(NS(=O)(=O)c2cccc(C[n+]3cccc(CONCCCCNC(=O)c4ccc[n+](C(C)(C)OC=Nc5cccc(S(=O)(=O)Nc6ccc(NNC(=O)C(=O)NCCCN7CCOCC7)c(OC)c6)c5)c4)c3)c2)ccc1NNC(=O)C(=O)NCCCN1CCOCC1. The highest BCUT2D eigenvalue weighted by atomic mass is 32.2. The van der Waals surface area contributed by atoms with Crippen molar-refractivity contribution in [2.24, 2.45) is 4.99 Å². The van der Waals surface area contributed by atoms with Crippen molar-refractivity contribution in [3.05, 3.63) is 151 Å². The number of nitrogens with one attached hydrogen (secondary N) is 10. The number of methoxy groups -OCH3 is 2. The largest absolute Gasteiger partial charge is 0.494 e. The second-order valence-electron chi connectivity index (χ2n) is 22.8. The van der Waals surface area contributed by atoms with Crippen LogP contribution in [0.2, 0.25) is 0 Å². The van der Waals surface area contributed by atoms with Gasteiger partial charge >= 0.3 is 29.4 Å². The lowest BCUT2D eigenvalue weighted by Crippen LogP contribution is -2.54. The number of ether oxygens (including phenoxy) is 5. The molecule has 0 saturated carbocycles. The summed E-state index contributed by atoms with van der Waals surface area (Å²) in [7, 11) is -5.43. The second kappa shape index (κ2) is 36.5. The zero-order valence-corrected chi connectivity index (χ0v) is 56.2. The molecule has 6 aromatic rings. The molecule has 0 radical (unpaired) electrons. The number of hydrazine groups is 2. The molecule has 2 aromatic heterocycles. The molecule has 8 rings (SSSR count). The quantitative estimate of drug-likeness (QED) is 0.00683. The minimum atomic E-state index is -4.14. The lowest BCUT2D eigenvalue weighted by atomic mass is 10.2. The molecule has 0 atom stereocenters. The smallest absolute Gasteiger partial charge is 0.327 e. The van der Waals surface area contributed by atoms with E-state index in [2.05, 4.69) is 67.4 Å². The van der Waals surface area contributed by atoms with Crippen LogP contribution in [0.1, 0.15) is 61.0 Å². The minimum Gasteiger partial charge on any atom is -0.494 e. The fourth-order valence-electron chi connectivity index (χ4n) is 9.89. The van der Waals surface area contributed by atoms with Crippen LogP contribution in [0.25, 0.3) is 0 Å². The van der Waals surface area contributed by atoms with Crippen molar-refractivity contribution < 1.29 is 78.5 Å². The highest BCUT2D eigenvalue weighted by Gasteiger charge is 2.31. The molecule has 2 aliphatic heterocycles. The van der Waals surface area contributed by atoms with E-state index in [1.807, 2.05) is 35.2 Å². The second-order valence-corrected chi connectivity index (χ2v) is 26.2. The van der Waals surface area contributed by atoms with Gasteiger partial charge in [-0.05, 0) is 106 Å². The van der Waals surface area contributed by atoms with Crippen LogP contribution in [0.4, 0.5) is 28.4 Å². The van der Waals surface area contributed by atoms with Crippen LogP contribution in [-0.2, 0) is 77.1 Å². The number of sulfonamides is 2.